The molecule has 0 aliphatic heterocycles. The van der Waals surface area contributed by atoms with E-state index in [2.05, 4.69) is 30.8 Å². The highest BCUT2D eigenvalue weighted by Crippen LogP contribution is 2.24. The number of carbonyl (C=O) groups excluding carboxylic acids is 1. The minimum Gasteiger partial charge on any atom is -0.320 e. The molecule has 1 N–H and O–H groups in total. The van der Waals surface area contributed by atoms with E-state index >= 15 is 0 Å². The third kappa shape index (κ3) is 2.70. The summed E-state index contributed by atoms with van der Waals surface area (Å²) >= 11 is 4.51. The largest absolute Gasteiger partial charge is 0.320 e. The van der Waals surface area contributed by atoms with Gasteiger partial charge in [-0.05, 0) is 59.0 Å². The van der Waals surface area contributed by atoms with Crippen molar-refractivity contribution in [1.29, 1.82) is 0 Å². The lowest BCUT2D eigenvalue weighted by Gasteiger charge is -2.06. The number of hydrogen-bond acceptors (Lipinski definition) is 4. The smallest absolute Gasteiger partial charge is 0.269 e. The number of nitrogens with zero attached hydrogens (tertiary/aromatic N) is 2. The van der Waals surface area contributed by atoms with Crippen LogP contribution in [0.1, 0.15) is 20.9 Å². The van der Waals surface area contributed by atoms with Crippen molar-refractivity contribution >= 4 is 39.1 Å². The molecule has 0 unspecified atom stereocenters. The molecule has 0 fully saturated rings. The lowest BCUT2D eigenvalue weighted by molar-refractivity contribution is 0.102. The fourth-order valence-corrected chi connectivity index (χ4v) is 2.48. The highest BCUT2D eigenvalue weighted by molar-refractivity contribution is 9.10. The molecule has 2 rings (SSSR count). The van der Waals surface area contributed by atoms with E-state index in [-0.39, 0.29) is 5.91 Å². The van der Waals surface area contributed by atoms with Crippen molar-refractivity contribution in [2.24, 2.45) is 0 Å². The van der Waals surface area contributed by atoms with Crippen LogP contribution in [0.15, 0.2) is 22.7 Å². The van der Waals surface area contributed by atoms with Crippen molar-refractivity contribution in [2.45, 2.75) is 13.8 Å². The van der Waals surface area contributed by atoms with E-state index in [0.717, 1.165) is 27.3 Å². The van der Waals surface area contributed by atoms with E-state index in [1.54, 1.807) is 6.92 Å². The van der Waals surface area contributed by atoms with Gasteiger partial charge in [0.15, 0.2) is 0 Å². The van der Waals surface area contributed by atoms with Crippen LogP contribution in [-0.4, -0.2) is 15.5 Å². The second-order valence-electron chi connectivity index (χ2n) is 3.62. The number of aromatic nitrogens is 2. The van der Waals surface area contributed by atoms with Crippen molar-refractivity contribution in [3.8, 4) is 0 Å². The zero-order chi connectivity index (χ0) is 12.4. The van der Waals surface area contributed by atoms with Gasteiger partial charge in [0.25, 0.3) is 5.91 Å². The number of hydrogen-bond donors (Lipinski definition) is 1. The fraction of sp³-hybridized carbons (Fsp3) is 0.182. The highest BCUT2D eigenvalue weighted by atomic mass is 79.9. The molecule has 2 aromatic rings. The third-order valence-electron chi connectivity index (χ3n) is 2.23. The average Bonchev–Trinajstić information content (AvgIpc) is 2.68. The van der Waals surface area contributed by atoms with Gasteiger partial charge in [0.05, 0.1) is 11.4 Å². The number of rotatable bonds is 2. The first-order valence-electron chi connectivity index (χ1n) is 4.94. The van der Waals surface area contributed by atoms with Gasteiger partial charge in [-0.1, -0.05) is 10.6 Å². The first-order valence-corrected chi connectivity index (χ1v) is 6.51. The maximum absolute atomic E-state index is 11.9. The molecule has 1 aromatic carbocycles. The number of amides is 1. The minimum absolute atomic E-state index is 0.179. The second-order valence-corrected chi connectivity index (χ2v) is 5.23. The van der Waals surface area contributed by atoms with Crippen molar-refractivity contribution in [3.05, 3.63) is 38.8 Å². The Morgan fingerprint density at radius 3 is 2.76 bits per heavy atom. The highest BCUT2D eigenvalue weighted by Gasteiger charge is 2.14. The molecule has 0 saturated carbocycles. The van der Waals surface area contributed by atoms with Gasteiger partial charge in [0.2, 0.25) is 0 Å². The van der Waals surface area contributed by atoms with Crippen LogP contribution in [0.5, 0.6) is 0 Å². The van der Waals surface area contributed by atoms with Crippen molar-refractivity contribution in [1.82, 2.24) is 9.59 Å². The number of anilines is 1. The molecular formula is C11H10BrN3OS. The Morgan fingerprint density at radius 1 is 1.41 bits per heavy atom. The van der Waals surface area contributed by atoms with Gasteiger partial charge in [-0.2, -0.15) is 0 Å². The molecule has 88 valence electrons. The lowest BCUT2D eigenvalue weighted by atomic mass is 10.2. The molecule has 1 aromatic heterocycles. The first-order chi connectivity index (χ1) is 8.08. The zero-order valence-electron chi connectivity index (χ0n) is 9.32. The van der Waals surface area contributed by atoms with Crippen LogP contribution < -0.4 is 5.32 Å². The lowest BCUT2D eigenvalue weighted by Crippen LogP contribution is -2.12. The summed E-state index contributed by atoms with van der Waals surface area (Å²) in [5.74, 6) is -0.179. The van der Waals surface area contributed by atoms with Crippen molar-refractivity contribution in [3.63, 3.8) is 0 Å². The van der Waals surface area contributed by atoms with E-state index in [1.807, 2.05) is 25.1 Å². The maximum atomic E-state index is 11.9. The average molecular weight is 312 g/mol. The van der Waals surface area contributed by atoms with Gasteiger partial charge >= 0.3 is 0 Å². The van der Waals surface area contributed by atoms with E-state index < -0.39 is 0 Å². The minimum atomic E-state index is -0.179. The van der Waals surface area contributed by atoms with Crippen LogP contribution in [0, 0.1) is 13.8 Å². The van der Waals surface area contributed by atoms with Crippen LogP contribution in [0.3, 0.4) is 0 Å². The summed E-state index contributed by atoms with van der Waals surface area (Å²) in [4.78, 5) is 12.5. The van der Waals surface area contributed by atoms with E-state index in [4.69, 9.17) is 0 Å². The molecule has 6 heteroatoms. The molecule has 0 bridgehead atoms. The Labute approximate surface area is 111 Å². The van der Waals surface area contributed by atoms with Crippen LogP contribution in [0.2, 0.25) is 0 Å². The van der Waals surface area contributed by atoms with E-state index in [0.29, 0.717) is 10.6 Å². The van der Waals surface area contributed by atoms with Gasteiger partial charge in [0, 0.05) is 4.47 Å². The number of aryl methyl sites for hydroxylation is 2. The van der Waals surface area contributed by atoms with Crippen LogP contribution >= 0.6 is 27.5 Å². The van der Waals surface area contributed by atoms with Gasteiger partial charge in [-0.25, -0.2) is 0 Å². The summed E-state index contributed by atoms with van der Waals surface area (Å²) in [7, 11) is 0. The Hall–Kier alpha value is -1.27. The summed E-state index contributed by atoms with van der Waals surface area (Å²) in [5.41, 5.74) is 2.52. The van der Waals surface area contributed by atoms with Gasteiger partial charge < -0.3 is 5.32 Å². The van der Waals surface area contributed by atoms with Crippen molar-refractivity contribution < 1.29 is 4.79 Å². The summed E-state index contributed by atoms with van der Waals surface area (Å²) in [6.07, 6.45) is 0. The predicted molar refractivity (Wildman–Crippen MR) is 71.5 cm³/mol. The Kier molecular flexibility index (Phi) is 3.54. The van der Waals surface area contributed by atoms with Crippen molar-refractivity contribution in [2.75, 3.05) is 5.32 Å². The summed E-state index contributed by atoms with van der Waals surface area (Å²) < 4.78 is 4.60. The molecule has 4 nitrogen and oxygen atoms in total. The van der Waals surface area contributed by atoms with Crippen LogP contribution in [0.4, 0.5) is 5.69 Å². The SMILES string of the molecule is Cc1ccc(NC(=O)c2snnc2C)c(Br)c1. The zero-order valence-corrected chi connectivity index (χ0v) is 11.7. The van der Waals surface area contributed by atoms with Gasteiger partial charge in [-0.15, -0.1) is 5.10 Å². The molecule has 0 aliphatic carbocycles. The normalized spacial score (nSPS) is 10.3. The standard InChI is InChI=1S/C11H10BrN3OS/c1-6-3-4-9(8(12)5-6)13-11(16)10-7(2)14-15-17-10/h3-5H,1-2H3,(H,13,16). The molecule has 0 radical (unpaired) electrons. The predicted octanol–water partition coefficient (Wildman–Crippen LogP) is 3.17. The van der Waals surface area contributed by atoms with Crippen LogP contribution in [0.25, 0.3) is 0 Å². The molecular weight excluding hydrogens is 302 g/mol. The summed E-state index contributed by atoms with van der Waals surface area (Å²) in [6.45, 7) is 3.76. The molecule has 1 heterocycles. The number of carbonyl (C=O) groups is 1. The summed E-state index contributed by atoms with van der Waals surface area (Å²) in [6, 6.07) is 5.76. The quantitative estimate of drug-likeness (QED) is 0.926. The molecule has 0 atom stereocenters. The molecule has 0 aliphatic rings. The number of halogens is 1. The Bertz CT molecular complexity index is 568. The Morgan fingerprint density at radius 2 is 2.18 bits per heavy atom. The topological polar surface area (TPSA) is 54.9 Å². The monoisotopic (exact) mass is 311 g/mol. The fourth-order valence-electron chi connectivity index (χ4n) is 1.34. The second kappa shape index (κ2) is 4.93. The molecule has 1 amide bonds. The maximum Gasteiger partial charge on any atom is 0.269 e. The molecule has 0 saturated heterocycles. The number of nitrogens with one attached hydrogen (secondary N) is 1. The van der Waals surface area contributed by atoms with Crippen LogP contribution in [-0.2, 0) is 0 Å². The third-order valence-corrected chi connectivity index (χ3v) is 3.71. The van der Waals surface area contributed by atoms with Gasteiger partial charge in [0.1, 0.15) is 4.88 Å². The Balaban J connectivity index is 2.22. The molecule has 0 spiro atoms. The number of benzene rings is 1. The molecule has 17 heavy (non-hydrogen) atoms. The van der Waals surface area contributed by atoms with E-state index in [1.165, 1.54) is 0 Å². The first kappa shape index (κ1) is 12.2. The van der Waals surface area contributed by atoms with Gasteiger partial charge in [-0.3, -0.25) is 4.79 Å². The van der Waals surface area contributed by atoms with E-state index in [9.17, 15) is 4.79 Å². The summed E-state index contributed by atoms with van der Waals surface area (Å²) in [5, 5.41) is 6.64.